The molecule has 3 heteroatoms. The monoisotopic (exact) mass is 258 g/mol. The fraction of sp³-hybridized carbons (Fsp3) is 0.562. The summed E-state index contributed by atoms with van der Waals surface area (Å²) in [6.07, 6.45) is 5.01. The predicted molar refractivity (Wildman–Crippen MR) is 75.6 cm³/mol. The maximum atomic E-state index is 12.0. The van der Waals surface area contributed by atoms with Gasteiger partial charge in [0.05, 0.1) is 6.54 Å². The van der Waals surface area contributed by atoms with Crippen LogP contribution in [0.15, 0.2) is 24.3 Å². The first-order valence-electron chi connectivity index (χ1n) is 7.39. The summed E-state index contributed by atoms with van der Waals surface area (Å²) in [5.74, 6) is 1.11. The standard InChI is InChI=1S/C16H22N2O/c1-2-12-5-7-14(8-6-12)16-17-11-15(19)18(16)10-9-13-3-4-13/h5-8,13,16-17H,2-4,9-11H2,1H3. The average molecular weight is 258 g/mol. The van der Waals surface area contributed by atoms with Crippen LogP contribution in [0.4, 0.5) is 0 Å². The molecule has 1 aliphatic heterocycles. The molecule has 0 spiro atoms. The van der Waals surface area contributed by atoms with Gasteiger partial charge in [-0.2, -0.15) is 0 Å². The minimum atomic E-state index is 0.0807. The van der Waals surface area contributed by atoms with Crippen LogP contribution in [0.3, 0.4) is 0 Å². The molecule has 2 aliphatic rings. The van der Waals surface area contributed by atoms with Gasteiger partial charge < -0.3 is 4.90 Å². The van der Waals surface area contributed by atoms with Gasteiger partial charge in [0.1, 0.15) is 6.17 Å². The Morgan fingerprint density at radius 1 is 1.26 bits per heavy atom. The highest BCUT2D eigenvalue weighted by Crippen LogP contribution is 2.34. The van der Waals surface area contributed by atoms with E-state index in [9.17, 15) is 4.79 Å². The number of rotatable bonds is 5. The van der Waals surface area contributed by atoms with Crippen LogP contribution in [0.5, 0.6) is 0 Å². The first-order valence-corrected chi connectivity index (χ1v) is 7.39. The molecule has 1 aromatic carbocycles. The third-order valence-electron chi connectivity index (χ3n) is 4.26. The number of amides is 1. The molecule has 0 aromatic heterocycles. The van der Waals surface area contributed by atoms with E-state index in [2.05, 4.69) is 36.5 Å². The maximum absolute atomic E-state index is 12.0. The van der Waals surface area contributed by atoms with E-state index >= 15 is 0 Å². The van der Waals surface area contributed by atoms with Gasteiger partial charge in [0.25, 0.3) is 0 Å². The molecular formula is C16H22N2O. The molecule has 0 bridgehead atoms. The number of nitrogens with zero attached hydrogens (tertiary/aromatic N) is 1. The van der Waals surface area contributed by atoms with Crippen molar-refractivity contribution >= 4 is 5.91 Å². The third kappa shape index (κ3) is 2.81. The molecule has 1 saturated heterocycles. The fourth-order valence-corrected chi connectivity index (χ4v) is 2.76. The van der Waals surface area contributed by atoms with E-state index in [1.807, 2.05) is 4.90 Å². The number of benzene rings is 1. The summed E-state index contributed by atoms with van der Waals surface area (Å²) in [6.45, 7) is 3.54. The van der Waals surface area contributed by atoms with Crippen molar-refractivity contribution in [1.29, 1.82) is 0 Å². The Morgan fingerprint density at radius 3 is 2.63 bits per heavy atom. The van der Waals surface area contributed by atoms with Crippen LogP contribution >= 0.6 is 0 Å². The van der Waals surface area contributed by atoms with Gasteiger partial charge in [0.2, 0.25) is 5.91 Å². The molecule has 1 aromatic rings. The second-order valence-corrected chi connectivity index (χ2v) is 5.70. The molecule has 3 rings (SSSR count). The Bertz CT molecular complexity index is 450. The topological polar surface area (TPSA) is 32.3 Å². The average Bonchev–Trinajstić information content (AvgIpc) is 3.20. The first kappa shape index (κ1) is 12.7. The Morgan fingerprint density at radius 2 is 2.00 bits per heavy atom. The van der Waals surface area contributed by atoms with Crippen molar-refractivity contribution in [2.45, 2.75) is 38.8 Å². The van der Waals surface area contributed by atoms with Crippen molar-refractivity contribution in [3.05, 3.63) is 35.4 Å². The summed E-state index contributed by atoms with van der Waals surface area (Å²) in [7, 11) is 0. The molecule has 1 N–H and O–H groups in total. The Kier molecular flexibility index (Phi) is 3.56. The largest absolute Gasteiger partial charge is 0.322 e. The lowest BCUT2D eigenvalue weighted by molar-refractivity contribution is -0.128. The lowest BCUT2D eigenvalue weighted by atomic mass is 10.1. The number of aryl methyl sites for hydroxylation is 1. The number of carbonyl (C=O) groups excluding carboxylic acids is 1. The first-order chi connectivity index (χ1) is 9.28. The fourth-order valence-electron chi connectivity index (χ4n) is 2.76. The molecule has 1 heterocycles. The van der Waals surface area contributed by atoms with Crippen molar-refractivity contribution in [3.63, 3.8) is 0 Å². The van der Waals surface area contributed by atoms with Crippen LogP contribution in [0.1, 0.15) is 43.5 Å². The molecule has 102 valence electrons. The summed E-state index contributed by atoms with van der Waals surface area (Å²) >= 11 is 0. The molecule has 1 saturated carbocycles. The maximum Gasteiger partial charge on any atom is 0.238 e. The Hall–Kier alpha value is -1.35. The van der Waals surface area contributed by atoms with Crippen LogP contribution in [0.2, 0.25) is 0 Å². The van der Waals surface area contributed by atoms with E-state index in [1.165, 1.54) is 24.0 Å². The van der Waals surface area contributed by atoms with E-state index in [-0.39, 0.29) is 12.1 Å². The summed E-state index contributed by atoms with van der Waals surface area (Å²) in [5, 5.41) is 3.33. The molecule has 3 nitrogen and oxygen atoms in total. The van der Waals surface area contributed by atoms with E-state index < -0.39 is 0 Å². The van der Waals surface area contributed by atoms with Gasteiger partial charge in [-0.3, -0.25) is 10.1 Å². The highest BCUT2D eigenvalue weighted by Gasteiger charge is 2.32. The third-order valence-corrected chi connectivity index (χ3v) is 4.26. The number of hydrogen-bond acceptors (Lipinski definition) is 2. The summed E-state index contributed by atoms with van der Waals surface area (Å²) in [6, 6.07) is 8.64. The van der Waals surface area contributed by atoms with Gasteiger partial charge in [-0.15, -0.1) is 0 Å². The molecule has 2 fully saturated rings. The second kappa shape index (κ2) is 5.33. The Balaban J connectivity index is 1.70. The Labute approximate surface area is 115 Å². The van der Waals surface area contributed by atoms with E-state index in [0.29, 0.717) is 6.54 Å². The van der Waals surface area contributed by atoms with Gasteiger partial charge in [-0.05, 0) is 29.9 Å². The number of nitrogens with one attached hydrogen (secondary N) is 1. The molecule has 1 aliphatic carbocycles. The van der Waals surface area contributed by atoms with E-state index in [0.717, 1.165) is 25.3 Å². The number of carbonyl (C=O) groups is 1. The van der Waals surface area contributed by atoms with Crippen LogP contribution in [-0.4, -0.2) is 23.9 Å². The minimum Gasteiger partial charge on any atom is -0.322 e. The zero-order valence-corrected chi connectivity index (χ0v) is 11.6. The van der Waals surface area contributed by atoms with Crippen molar-refractivity contribution in [2.75, 3.05) is 13.1 Å². The van der Waals surface area contributed by atoms with E-state index in [1.54, 1.807) is 0 Å². The summed E-state index contributed by atoms with van der Waals surface area (Å²) < 4.78 is 0. The van der Waals surface area contributed by atoms with Crippen LogP contribution in [0, 0.1) is 5.92 Å². The highest BCUT2D eigenvalue weighted by molar-refractivity contribution is 5.80. The zero-order valence-electron chi connectivity index (χ0n) is 11.6. The quantitative estimate of drug-likeness (QED) is 0.880. The van der Waals surface area contributed by atoms with E-state index in [4.69, 9.17) is 0 Å². The van der Waals surface area contributed by atoms with Crippen molar-refractivity contribution in [1.82, 2.24) is 10.2 Å². The normalized spacial score (nSPS) is 23.1. The summed E-state index contributed by atoms with van der Waals surface area (Å²) in [5.41, 5.74) is 2.55. The minimum absolute atomic E-state index is 0.0807. The molecule has 1 amide bonds. The van der Waals surface area contributed by atoms with Gasteiger partial charge >= 0.3 is 0 Å². The molecule has 1 atom stereocenters. The van der Waals surface area contributed by atoms with Gasteiger partial charge in [0.15, 0.2) is 0 Å². The van der Waals surface area contributed by atoms with Crippen molar-refractivity contribution in [3.8, 4) is 0 Å². The lowest BCUT2D eigenvalue weighted by Gasteiger charge is -2.24. The summed E-state index contributed by atoms with van der Waals surface area (Å²) in [4.78, 5) is 14.0. The van der Waals surface area contributed by atoms with Crippen LogP contribution < -0.4 is 5.32 Å². The predicted octanol–water partition coefficient (Wildman–Crippen LogP) is 2.48. The zero-order chi connectivity index (χ0) is 13.2. The van der Waals surface area contributed by atoms with Crippen molar-refractivity contribution in [2.24, 2.45) is 5.92 Å². The van der Waals surface area contributed by atoms with Crippen LogP contribution in [-0.2, 0) is 11.2 Å². The molecular weight excluding hydrogens is 236 g/mol. The molecule has 0 radical (unpaired) electrons. The van der Waals surface area contributed by atoms with Gasteiger partial charge in [-0.1, -0.05) is 44.0 Å². The lowest BCUT2D eigenvalue weighted by Crippen LogP contribution is -2.31. The van der Waals surface area contributed by atoms with Crippen molar-refractivity contribution < 1.29 is 4.79 Å². The smallest absolute Gasteiger partial charge is 0.238 e. The highest BCUT2D eigenvalue weighted by atomic mass is 16.2. The molecule has 19 heavy (non-hydrogen) atoms. The van der Waals surface area contributed by atoms with Gasteiger partial charge in [0, 0.05) is 6.54 Å². The van der Waals surface area contributed by atoms with Gasteiger partial charge in [-0.25, -0.2) is 0 Å². The molecule has 1 unspecified atom stereocenters. The SMILES string of the molecule is CCc1ccc(C2NCC(=O)N2CCC2CC2)cc1. The number of hydrogen-bond donors (Lipinski definition) is 1. The van der Waals surface area contributed by atoms with Crippen LogP contribution in [0.25, 0.3) is 0 Å². The second-order valence-electron chi connectivity index (χ2n) is 5.70.